The summed E-state index contributed by atoms with van der Waals surface area (Å²) in [5.74, 6) is -1.02. The maximum absolute atomic E-state index is 13.5. The molecule has 0 fully saturated rings. The summed E-state index contributed by atoms with van der Waals surface area (Å²) >= 11 is 0. The van der Waals surface area contributed by atoms with Crippen molar-refractivity contribution >= 4 is 23.5 Å². The van der Waals surface area contributed by atoms with Gasteiger partial charge in [0.25, 0.3) is 0 Å². The minimum Gasteiger partial charge on any atom is -0.478 e. The Labute approximate surface area is 227 Å². The van der Waals surface area contributed by atoms with Crippen LogP contribution in [0.2, 0.25) is 0 Å². The molecule has 0 saturated carbocycles. The van der Waals surface area contributed by atoms with Crippen LogP contribution >= 0.6 is 0 Å². The number of rotatable bonds is 8. The van der Waals surface area contributed by atoms with Crippen LogP contribution in [-0.2, 0) is 10.8 Å². The van der Waals surface area contributed by atoms with Crippen LogP contribution in [0.5, 0.6) is 0 Å². The van der Waals surface area contributed by atoms with Gasteiger partial charge in [0.15, 0.2) is 5.78 Å². The third-order valence-corrected chi connectivity index (χ3v) is 8.10. The molecule has 4 nitrogen and oxygen atoms in total. The number of nitrogens with zero attached hydrogens (tertiary/aromatic N) is 1. The smallest absolute Gasteiger partial charge is 0.335 e. The summed E-state index contributed by atoms with van der Waals surface area (Å²) in [5.41, 5.74) is 7.72. The van der Waals surface area contributed by atoms with Crippen LogP contribution in [0.25, 0.3) is 17.2 Å². The van der Waals surface area contributed by atoms with Gasteiger partial charge in [-0.3, -0.25) is 4.79 Å². The zero-order valence-electron chi connectivity index (χ0n) is 23.5. The molecule has 0 unspecified atom stereocenters. The molecule has 0 aromatic heterocycles. The Morgan fingerprint density at radius 1 is 0.842 bits per heavy atom. The molecule has 4 rings (SSSR count). The number of carbonyl (C=O) groups excluding carboxylic acids is 1. The van der Waals surface area contributed by atoms with Gasteiger partial charge >= 0.3 is 5.97 Å². The van der Waals surface area contributed by atoms with E-state index in [1.165, 1.54) is 16.8 Å². The minimum absolute atomic E-state index is 0.00103. The minimum atomic E-state index is -0.964. The van der Waals surface area contributed by atoms with Crippen LogP contribution in [0, 0.1) is 0 Å². The molecule has 0 spiro atoms. The van der Waals surface area contributed by atoms with Crippen LogP contribution in [0.3, 0.4) is 0 Å². The van der Waals surface area contributed by atoms with E-state index in [4.69, 9.17) is 5.11 Å². The van der Waals surface area contributed by atoms with E-state index in [2.05, 4.69) is 82.8 Å². The molecule has 1 aliphatic carbocycles. The van der Waals surface area contributed by atoms with E-state index >= 15 is 0 Å². The van der Waals surface area contributed by atoms with Crippen LogP contribution in [0.4, 0.5) is 5.69 Å². The molecule has 0 radical (unpaired) electrons. The Balaban J connectivity index is 1.79. The lowest BCUT2D eigenvalue weighted by molar-refractivity contribution is 0.0696. The van der Waals surface area contributed by atoms with Gasteiger partial charge in [-0.2, -0.15) is 0 Å². The van der Waals surface area contributed by atoms with Gasteiger partial charge in [0.2, 0.25) is 0 Å². The summed E-state index contributed by atoms with van der Waals surface area (Å²) in [5, 5.41) is 9.13. The number of fused-ring (bicyclic) bond motifs is 1. The zero-order chi connectivity index (χ0) is 27.7. The monoisotopic (exact) mass is 509 g/mol. The molecule has 0 bridgehead atoms. The lowest BCUT2D eigenvalue weighted by Gasteiger charge is -2.43. The number of carboxylic acid groups (broad SMARTS) is 1. The Morgan fingerprint density at radius 2 is 1.45 bits per heavy atom. The average molecular weight is 510 g/mol. The largest absolute Gasteiger partial charge is 0.478 e. The highest BCUT2D eigenvalue weighted by Crippen LogP contribution is 2.50. The molecule has 38 heavy (non-hydrogen) atoms. The van der Waals surface area contributed by atoms with Crippen molar-refractivity contribution in [2.75, 3.05) is 18.0 Å². The number of benzene rings is 3. The number of allylic oxidation sites excluding steroid dienone is 1. The summed E-state index contributed by atoms with van der Waals surface area (Å²) in [6.45, 7) is 15.4. The Morgan fingerprint density at radius 3 is 2.03 bits per heavy atom. The van der Waals surface area contributed by atoms with E-state index in [9.17, 15) is 9.59 Å². The summed E-state index contributed by atoms with van der Waals surface area (Å²) in [6.07, 6.45) is 5.50. The summed E-state index contributed by atoms with van der Waals surface area (Å²) in [6, 6.07) is 19.5. The first kappa shape index (κ1) is 27.4. The molecular formula is C34H39NO3. The average Bonchev–Trinajstić information content (AvgIpc) is 2.90. The third kappa shape index (κ3) is 5.45. The van der Waals surface area contributed by atoms with E-state index in [0.29, 0.717) is 5.56 Å². The van der Waals surface area contributed by atoms with Crippen LogP contribution < -0.4 is 4.90 Å². The van der Waals surface area contributed by atoms with E-state index in [-0.39, 0.29) is 22.2 Å². The number of anilines is 1. The van der Waals surface area contributed by atoms with Crippen molar-refractivity contribution in [2.45, 2.75) is 65.2 Å². The fourth-order valence-corrected chi connectivity index (χ4v) is 5.61. The normalized spacial score (nSPS) is 15.7. The van der Waals surface area contributed by atoms with Gasteiger partial charge in [-0.05, 0) is 108 Å². The first-order valence-electron chi connectivity index (χ1n) is 13.6. The first-order valence-corrected chi connectivity index (χ1v) is 13.6. The molecule has 0 saturated heterocycles. The third-order valence-electron chi connectivity index (χ3n) is 8.10. The predicted octanol–water partition coefficient (Wildman–Crippen LogP) is 8.14. The lowest BCUT2D eigenvalue weighted by Crippen LogP contribution is -2.34. The molecule has 0 heterocycles. The van der Waals surface area contributed by atoms with Crippen LogP contribution in [0.1, 0.15) is 91.8 Å². The van der Waals surface area contributed by atoms with Crippen LogP contribution in [-0.4, -0.2) is 29.9 Å². The second-order valence-corrected chi connectivity index (χ2v) is 11.6. The molecule has 0 atom stereocenters. The summed E-state index contributed by atoms with van der Waals surface area (Å²) in [7, 11) is 0. The summed E-state index contributed by atoms with van der Waals surface area (Å²) < 4.78 is 0. The second kappa shape index (κ2) is 10.6. The molecule has 0 aliphatic heterocycles. The highest BCUT2D eigenvalue weighted by atomic mass is 16.4. The summed E-state index contributed by atoms with van der Waals surface area (Å²) in [4.78, 5) is 26.9. The number of carboxylic acids is 1. The molecule has 0 amide bonds. The predicted molar refractivity (Wildman–Crippen MR) is 157 cm³/mol. The number of ketones is 1. The van der Waals surface area contributed by atoms with Crippen LogP contribution in [0.15, 0.2) is 66.7 Å². The molecule has 1 N–H and O–H groups in total. The van der Waals surface area contributed by atoms with Crippen molar-refractivity contribution in [2.24, 2.45) is 0 Å². The van der Waals surface area contributed by atoms with Gasteiger partial charge in [0.05, 0.1) is 5.56 Å². The Hall–Kier alpha value is -3.66. The van der Waals surface area contributed by atoms with E-state index in [0.717, 1.165) is 42.6 Å². The second-order valence-electron chi connectivity index (χ2n) is 11.6. The Kier molecular flexibility index (Phi) is 7.64. The highest BCUT2D eigenvalue weighted by Gasteiger charge is 2.39. The first-order chi connectivity index (χ1) is 18.0. The highest BCUT2D eigenvalue weighted by molar-refractivity contribution is 6.08. The van der Waals surface area contributed by atoms with Gasteiger partial charge in [0, 0.05) is 24.3 Å². The van der Waals surface area contributed by atoms with Crippen molar-refractivity contribution in [1.29, 1.82) is 0 Å². The van der Waals surface area contributed by atoms with E-state index in [1.807, 2.05) is 0 Å². The van der Waals surface area contributed by atoms with Crippen molar-refractivity contribution in [3.8, 4) is 11.1 Å². The standard InChI is InChI=1S/C34H39NO3/c1-7-35(8-2)27-16-14-24(15-17-27)28-21-26(22-29-31(28)34(5,6)20-19-33(29,3)4)30(36)18-11-23-9-12-25(13-10-23)32(37)38/h9-18,21-22H,7-8,19-20H2,1-6H3,(H,37,38)/b18-11-. The lowest BCUT2D eigenvalue weighted by atomic mass is 9.61. The van der Waals surface area contributed by atoms with Crippen molar-refractivity contribution in [1.82, 2.24) is 0 Å². The van der Waals surface area contributed by atoms with Gasteiger partial charge in [-0.15, -0.1) is 0 Å². The zero-order valence-corrected chi connectivity index (χ0v) is 23.5. The fourth-order valence-electron chi connectivity index (χ4n) is 5.61. The molecule has 3 aromatic carbocycles. The van der Waals surface area contributed by atoms with Gasteiger partial charge < -0.3 is 10.0 Å². The Bertz CT molecular complexity index is 1360. The number of hydrogen-bond acceptors (Lipinski definition) is 3. The molecular weight excluding hydrogens is 470 g/mol. The van der Waals surface area contributed by atoms with Crippen molar-refractivity contribution in [3.63, 3.8) is 0 Å². The van der Waals surface area contributed by atoms with E-state index in [1.54, 1.807) is 36.4 Å². The van der Waals surface area contributed by atoms with Gasteiger partial charge in [-0.25, -0.2) is 4.79 Å². The SMILES string of the molecule is CCN(CC)c1ccc(-c2cc(C(=O)/C=C\c3ccc(C(=O)O)cc3)cc3c2C(C)(C)CCC3(C)C)cc1. The van der Waals surface area contributed by atoms with Gasteiger partial charge in [-0.1, -0.05) is 58.0 Å². The van der Waals surface area contributed by atoms with Crippen molar-refractivity contribution in [3.05, 3.63) is 94.6 Å². The van der Waals surface area contributed by atoms with E-state index < -0.39 is 5.97 Å². The number of carbonyl (C=O) groups is 2. The fraction of sp³-hybridized carbons (Fsp3) is 0.353. The molecule has 3 aromatic rings. The van der Waals surface area contributed by atoms with Crippen molar-refractivity contribution < 1.29 is 14.7 Å². The topological polar surface area (TPSA) is 57.6 Å². The number of hydrogen-bond donors (Lipinski definition) is 1. The quantitative estimate of drug-likeness (QED) is 0.246. The number of aromatic carboxylic acids is 1. The van der Waals surface area contributed by atoms with Gasteiger partial charge in [0.1, 0.15) is 0 Å². The molecule has 1 aliphatic rings. The maximum atomic E-state index is 13.5. The maximum Gasteiger partial charge on any atom is 0.335 e. The molecule has 198 valence electrons. The molecule has 4 heteroatoms.